The summed E-state index contributed by atoms with van der Waals surface area (Å²) in [7, 11) is 0. The molecule has 0 heterocycles. The standard InChI is InChI=1S/C13H19NO/c1-2-15-10-12(14)13(8-9-13)11-6-4-3-5-7-11/h3-7,12H,2,8-10,14H2,1H3. The number of benzene rings is 1. The van der Waals surface area contributed by atoms with Crippen molar-refractivity contribution in [2.24, 2.45) is 5.73 Å². The third kappa shape index (κ3) is 2.06. The van der Waals surface area contributed by atoms with Gasteiger partial charge in [-0.25, -0.2) is 0 Å². The van der Waals surface area contributed by atoms with Gasteiger partial charge in [-0.3, -0.25) is 0 Å². The Morgan fingerprint density at radius 3 is 2.53 bits per heavy atom. The molecular weight excluding hydrogens is 186 g/mol. The SMILES string of the molecule is CCOCC(N)C1(c2ccccc2)CC1. The Bertz CT molecular complexity index is 306. The van der Waals surface area contributed by atoms with Crippen LogP contribution in [-0.4, -0.2) is 19.3 Å². The zero-order valence-corrected chi connectivity index (χ0v) is 9.28. The van der Waals surface area contributed by atoms with E-state index in [0.717, 1.165) is 6.61 Å². The first kappa shape index (κ1) is 10.7. The largest absolute Gasteiger partial charge is 0.380 e. The lowest BCUT2D eigenvalue weighted by molar-refractivity contribution is 0.123. The van der Waals surface area contributed by atoms with E-state index in [9.17, 15) is 0 Å². The third-order valence-corrected chi connectivity index (χ3v) is 3.35. The molecule has 0 bridgehead atoms. The van der Waals surface area contributed by atoms with Crippen LogP contribution in [0, 0.1) is 0 Å². The van der Waals surface area contributed by atoms with E-state index >= 15 is 0 Å². The van der Waals surface area contributed by atoms with Crippen LogP contribution in [0.3, 0.4) is 0 Å². The highest BCUT2D eigenvalue weighted by atomic mass is 16.5. The van der Waals surface area contributed by atoms with Gasteiger partial charge in [0, 0.05) is 18.1 Å². The predicted octanol–water partition coefficient (Wildman–Crippen LogP) is 2.08. The first-order valence-corrected chi connectivity index (χ1v) is 5.68. The summed E-state index contributed by atoms with van der Waals surface area (Å²) >= 11 is 0. The fourth-order valence-corrected chi connectivity index (χ4v) is 2.18. The molecule has 2 N–H and O–H groups in total. The van der Waals surface area contributed by atoms with Gasteiger partial charge in [-0.05, 0) is 25.3 Å². The van der Waals surface area contributed by atoms with Gasteiger partial charge in [0.05, 0.1) is 6.61 Å². The molecule has 82 valence electrons. The summed E-state index contributed by atoms with van der Waals surface area (Å²) in [6.45, 7) is 3.43. The summed E-state index contributed by atoms with van der Waals surface area (Å²) in [5.41, 5.74) is 7.78. The van der Waals surface area contributed by atoms with Crippen molar-refractivity contribution < 1.29 is 4.74 Å². The van der Waals surface area contributed by atoms with E-state index in [-0.39, 0.29) is 11.5 Å². The molecule has 1 aromatic rings. The van der Waals surface area contributed by atoms with Crippen LogP contribution in [-0.2, 0) is 10.2 Å². The average molecular weight is 205 g/mol. The highest BCUT2D eigenvalue weighted by Gasteiger charge is 2.49. The van der Waals surface area contributed by atoms with Gasteiger partial charge in [-0.2, -0.15) is 0 Å². The fourth-order valence-electron chi connectivity index (χ4n) is 2.18. The second-order valence-corrected chi connectivity index (χ2v) is 4.29. The molecule has 1 aromatic carbocycles. The van der Waals surface area contributed by atoms with Crippen molar-refractivity contribution >= 4 is 0 Å². The predicted molar refractivity (Wildman–Crippen MR) is 61.8 cm³/mol. The molecule has 2 rings (SSSR count). The molecular formula is C13H19NO. The third-order valence-electron chi connectivity index (χ3n) is 3.35. The van der Waals surface area contributed by atoms with Crippen molar-refractivity contribution in [2.45, 2.75) is 31.2 Å². The molecule has 1 atom stereocenters. The fraction of sp³-hybridized carbons (Fsp3) is 0.538. The highest BCUT2D eigenvalue weighted by Crippen LogP contribution is 2.50. The lowest BCUT2D eigenvalue weighted by Crippen LogP contribution is -2.39. The normalized spacial score (nSPS) is 19.9. The van der Waals surface area contributed by atoms with Gasteiger partial charge in [0.1, 0.15) is 0 Å². The van der Waals surface area contributed by atoms with E-state index in [1.165, 1.54) is 18.4 Å². The Morgan fingerprint density at radius 2 is 2.00 bits per heavy atom. The Balaban J connectivity index is 2.07. The number of hydrogen-bond donors (Lipinski definition) is 1. The molecule has 2 heteroatoms. The van der Waals surface area contributed by atoms with Gasteiger partial charge >= 0.3 is 0 Å². The minimum absolute atomic E-state index is 0.139. The zero-order chi connectivity index (χ0) is 10.7. The summed E-state index contributed by atoms with van der Waals surface area (Å²) in [5.74, 6) is 0. The van der Waals surface area contributed by atoms with Crippen molar-refractivity contribution in [1.29, 1.82) is 0 Å². The summed E-state index contributed by atoms with van der Waals surface area (Å²) in [4.78, 5) is 0. The van der Waals surface area contributed by atoms with Crippen LogP contribution in [0.25, 0.3) is 0 Å². The molecule has 1 aliphatic carbocycles. The highest BCUT2D eigenvalue weighted by molar-refractivity contribution is 5.33. The van der Waals surface area contributed by atoms with E-state index in [1.807, 2.05) is 13.0 Å². The molecule has 0 amide bonds. The van der Waals surface area contributed by atoms with E-state index in [2.05, 4.69) is 24.3 Å². The molecule has 15 heavy (non-hydrogen) atoms. The maximum atomic E-state index is 6.21. The van der Waals surface area contributed by atoms with Crippen LogP contribution in [0.4, 0.5) is 0 Å². The minimum atomic E-state index is 0.139. The molecule has 0 aliphatic heterocycles. The molecule has 0 saturated heterocycles. The maximum absolute atomic E-state index is 6.21. The van der Waals surface area contributed by atoms with Gasteiger partial charge in [-0.15, -0.1) is 0 Å². The zero-order valence-electron chi connectivity index (χ0n) is 9.28. The molecule has 1 saturated carbocycles. The van der Waals surface area contributed by atoms with Crippen molar-refractivity contribution in [3.63, 3.8) is 0 Å². The van der Waals surface area contributed by atoms with E-state index in [4.69, 9.17) is 10.5 Å². The lowest BCUT2D eigenvalue weighted by atomic mass is 9.89. The summed E-state index contributed by atoms with van der Waals surface area (Å²) < 4.78 is 5.42. The van der Waals surface area contributed by atoms with Crippen molar-refractivity contribution in [2.75, 3.05) is 13.2 Å². The number of ether oxygens (including phenoxy) is 1. The Kier molecular flexibility index (Phi) is 3.08. The van der Waals surface area contributed by atoms with Crippen molar-refractivity contribution in [3.05, 3.63) is 35.9 Å². The smallest absolute Gasteiger partial charge is 0.0626 e. The van der Waals surface area contributed by atoms with Gasteiger partial charge in [0.25, 0.3) is 0 Å². The second-order valence-electron chi connectivity index (χ2n) is 4.29. The van der Waals surface area contributed by atoms with E-state index in [0.29, 0.717) is 6.61 Å². The van der Waals surface area contributed by atoms with Crippen LogP contribution < -0.4 is 5.73 Å². The monoisotopic (exact) mass is 205 g/mol. The molecule has 1 aliphatic rings. The van der Waals surface area contributed by atoms with Crippen LogP contribution in [0.15, 0.2) is 30.3 Å². The summed E-state index contributed by atoms with van der Waals surface area (Å²) in [5, 5.41) is 0. The summed E-state index contributed by atoms with van der Waals surface area (Å²) in [6.07, 6.45) is 2.40. The Hall–Kier alpha value is -0.860. The lowest BCUT2D eigenvalue weighted by Gasteiger charge is -2.23. The van der Waals surface area contributed by atoms with Gasteiger partial charge < -0.3 is 10.5 Å². The first-order chi connectivity index (χ1) is 7.29. The molecule has 0 spiro atoms. The molecule has 0 aromatic heterocycles. The number of rotatable bonds is 5. The van der Waals surface area contributed by atoms with Crippen molar-refractivity contribution in [1.82, 2.24) is 0 Å². The van der Waals surface area contributed by atoms with E-state index in [1.54, 1.807) is 0 Å². The minimum Gasteiger partial charge on any atom is -0.380 e. The van der Waals surface area contributed by atoms with Crippen LogP contribution in [0.2, 0.25) is 0 Å². The molecule has 1 unspecified atom stereocenters. The Morgan fingerprint density at radius 1 is 1.33 bits per heavy atom. The Labute approximate surface area is 91.4 Å². The van der Waals surface area contributed by atoms with Crippen LogP contribution >= 0.6 is 0 Å². The molecule has 2 nitrogen and oxygen atoms in total. The first-order valence-electron chi connectivity index (χ1n) is 5.68. The van der Waals surface area contributed by atoms with Crippen molar-refractivity contribution in [3.8, 4) is 0 Å². The van der Waals surface area contributed by atoms with E-state index < -0.39 is 0 Å². The van der Waals surface area contributed by atoms with Gasteiger partial charge in [0.2, 0.25) is 0 Å². The summed E-state index contributed by atoms with van der Waals surface area (Å²) in [6, 6.07) is 10.7. The molecule has 0 radical (unpaired) electrons. The quantitative estimate of drug-likeness (QED) is 0.798. The van der Waals surface area contributed by atoms with Crippen LogP contribution in [0.1, 0.15) is 25.3 Å². The van der Waals surface area contributed by atoms with Crippen LogP contribution in [0.5, 0.6) is 0 Å². The second kappa shape index (κ2) is 4.33. The number of nitrogens with two attached hydrogens (primary N) is 1. The maximum Gasteiger partial charge on any atom is 0.0626 e. The average Bonchev–Trinajstić information content (AvgIpc) is 3.08. The molecule has 1 fully saturated rings. The number of hydrogen-bond acceptors (Lipinski definition) is 2. The van der Waals surface area contributed by atoms with Gasteiger partial charge in [0.15, 0.2) is 0 Å². The topological polar surface area (TPSA) is 35.2 Å². The van der Waals surface area contributed by atoms with Gasteiger partial charge in [-0.1, -0.05) is 30.3 Å².